The summed E-state index contributed by atoms with van der Waals surface area (Å²) in [6.07, 6.45) is 5.47. The van der Waals surface area contributed by atoms with Gasteiger partial charge in [-0.25, -0.2) is 0 Å². The van der Waals surface area contributed by atoms with Gasteiger partial charge in [-0.05, 0) is 29.8 Å². The topological polar surface area (TPSA) is 53.6 Å². The van der Waals surface area contributed by atoms with Crippen LogP contribution in [0.5, 0.6) is 0 Å². The highest BCUT2D eigenvalue weighted by Crippen LogP contribution is 2.17. The van der Waals surface area contributed by atoms with Gasteiger partial charge in [0.25, 0.3) is 0 Å². The predicted octanol–water partition coefficient (Wildman–Crippen LogP) is 2.57. The lowest BCUT2D eigenvalue weighted by Crippen LogP contribution is -1.99. The molecule has 0 saturated heterocycles. The Morgan fingerprint density at radius 1 is 1.18 bits per heavy atom. The molecular weight excluding hydrogens is 212 g/mol. The summed E-state index contributed by atoms with van der Waals surface area (Å²) in [7, 11) is 0. The van der Waals surface area contributed by atoms with E-state index in [0.717, 1.165) is 23.1 Å². The molecule has 0 aliphatic carbocycles. The summed E-state index contributed by atoms with van der Waals surface area (Å²) >= 11 is 0. The zero-order valence-electron chi connectivity index (χ0n) is 9.22. The van der Waals surface area contributed by atoms with Gasteiger partial charge in [0.1, 0.15) is 0 Å². The summed E-state index contributed by atoms with van der Waals surface area (Å²) in [6, 6.07) is 10.1. The van der Waals surface area contributed by atoms with E-state index in [1.165, 1.54) is 5.56 Å². The smallest absolute Gasteiger partial charge is 0.0651 e. The van der Waals surface area contributed by atoms with Crippen LogP contribution in [0.4, 0.5) is 5.69 Å². The number of fused-ring (bicyclic) bond motifs is 1. The molecule has 1 aromatic carbocycles. The molecule has 3 aromatic rings. The molecule has 0 unspecified atom stereocenters. The number of hydrogen-bond acceptors (Lipinski definition) is 3. The summed E-state index contributed by atoms with van der Waals surface area (Å²) in [5.41, 5.74) is 3.31. The van der Waals surface area contributed by atoms with Gasteiger partial charge in [-0.3, -0.25) is 10.1 Å². The van der Waals surface area contributed by atoms with Crippen LogP contribution in [0.1, 0.15) is 5.56 Å². The second kappa shape index (κ2) is 4.25. The quantitative estimate of drug-likeness (QED) is 0.719. The standard InChI is InChI=1S/C13H12N4/c1-2-10(7-14-5-1)8-15-12-3-4-13-11(6-12)9-16-17-13/h1-7,9,15H,8H2,(H,16,17). The van der Waals surface area contributed by atoms with E-state index >= 15 is 0 Å². The molecule has 2 N–H and O–H groups in total. The van der Waals surface area contributed by atoms with Crippen LogP contribution in [0.2, 0.25) is 0 Å². The van der Waals surface area contributed by atoms with E-state index < -0.39 is 0 Å². The highest BCUT2D eigenvalue weighted by molar-refractivity contribution is 5.81. The molecule has 2 aromatic heterocycles. The van der Waals surface area contributed by atoms with Crippen molar-refractivity contribution in [1.82, 2.24) is 15.2 Å². The van der Waals surface area contributed by atoms with E-state index in [0.29, 0.717) is 0 Å². The van der Waals surface area contributed by atoms with E-state index in [4.69, 9.17) is 0 Å². The molecule has 0 atom stereocenters. The first-order valence-corrected chi connectivity index (χ1v) is 5.48. The molecule has 4 heteroatoms. The van der Waals surface area contributed by atoms with E-state index in [1.54, 1.807) is 6.20 Å². The normalized spacial score (nSPS) is 10.6. The van der Waals surface area contributed by atoms with Crippen molar-refractivity contribution in [1.29, 1.82) is 0 Å². The third-order valence-electron chi connectivity index (χ3n) is 2.66. The van der Waals surface area contributed by atoms with Crippen molar-refractivity contribution < 1.29 is 0 Å². The molecule has 84 valence electrons. The molecule has 3 rings (SSSR count). The molecular formula is C13H12N4. The molecule has 0 bridgehead atoms. The van der Waals surface area contributed by atoms with Gasteiger partial charge in [-0.1, -0.05) is 6.07 Å². The first-order chi connectivity index (χ1) is 8.42. The zero-order chi connectivity index (χ0) is 11.5. The minimum atomic E-state index is 0.775. The lowest BCUT2D eigenvalue weighted by molar-refractivity contribution is 1.11. The maximum absolute atomic E-state index is 4.08. The maximum atomic E-state index is 4.08. The first-order valence-electron chi connectivity index (χ1n) is 5.48. The summed E-state index contributed by atoms with van der Waals surface area (Å²) in [6.45, 7) is 0.775. The van der Waals surface area contributed by atoms with Gasteiger partial charge in [0.15, 0.2) is 0 Å². The summed E-state index contributed by atoms with van der Waals surface area (Å²) < 4.78 is 0. The van der Waals surface area contributed by atoms with E-state index in [1.807, 2.05) is 30.6 Å². The Balaban J connectivity index is 1.76. The summed E-state index contributed by atoms with van der Waals surface area (Å²) in [5, 5.41) is 11.4. The van der Waals surface area contributed by atoms with Crippen LogP contribution in [0.3, 0.4) is 0 Å². The van der Waals surface area contributed by atoms with E-state index in [-0.39, 0.29) is 0 Å². The molecule has 0 aliphatic rings. The van der Waals surface area contributed by atoms with Crippen molar-refractivity contribution in [2.75, 3.05) is 5.32 Å². The second-order valence-corrected chi connectivity index (χ2v) is 3.89. The fourth-order valence-electron chi connectivity index (χ4n) is 1.76. The number of aromatic amines is 1. The van der Waals surface area contributed by atoms with Crippen LogP contribution in [0.25, 0.3) is 10.9 Å². The number of aromatic nitrogens is 3. The fourth-order valence-corrected chi connectivity index (χ4v) is 1.76. The minimum absolute atomic E-state index is 0.775. The second-order valence-electron chi connectivity index (χ2n) is 3.89. The summed E-state index contributed by atoms with van der Waals surface area (Å²) in [5.74, 6) is 0. The average molecular weight is 224 g/mol. The van der Waals surface area contributed by atoms with Crippen LogP contribution in [0.15, 0.2) is 48.9 Å². The third-order valence-corrected chi connectivity index (χ3v) is 2.66. The number of H-pyrrole nitrogens is 1. The highest BCUT2D eigenvalue weighted by atomic mass is 15.1. The van der Waals surface area contributed by atoms with E-state index in [2.05, 4.69) is 32.6 Å². The lowest BCUT2D eigenvalue weighted by Gasteiger charge is -2.05. The fraction of sp³-hybridized carbons (Fsp3) is 0.0769. The van der Waals surface area contributed by atoms with Gasteiger partial charge in [-0.2, -0.15) is 5.10 Å². The van der Waals surface area contributed by atoms with Gasteiger partial charge in [0.05, 0.1) is 11.7 Å². The van der Waals surface area contributed by atoms with Gasteiger partial charge in [0.2, 0.25) is 0 Å². The third kappa shape index (κ3) is 2.10. The molecule has 0 radical (unpaired) electrons. The van der Waals surface area contributed by atoms with Crippen molar-refractivity contribution in [2.45, 2.75) is 6.54 Å². The Hall–Kier alpha value is -2.36. The van der Waals surface area contributed by atoms with Crippen LogP contribution >= 0.6 is 0 Å². The summed E-state index contributed by atoms with van der Waals surface area (Å²) in [4.78, 5) is 4.08. The Morgan fingerprint density at radius 2 is 2.18 bits per heavy atom. The van der Waals surface area contributed by atoms with Crippen LogP contribution in [-0.2, 0) is 6.54 Å². The molecule has 0 amide bonds. The van der Waals surface area contributed by atoms with Crippen molar-refractivity contribution in [3.63, 3.8) is 0 Å². The molecule has 0 saturated carbocycles. The van der Waals surface area contributed by atoms with Crippen molar-refractivity contribution >= 4 is 16.6 Å². The van der Waals surface area contributed by atoms with Crippen LogP contribution in [0, 0.1) is 0 Å². The van der Waals surface area contributed by atoms with Crippen LogP contribution in [-0.4, -0.2) is 15.2 Å². The largest absolute Gasteiger partial charge is 0.381 e. The monoisotopic (exact) mass is 224 g/mol. The van der Waals surface area contributed by atoms with Crippen molar-refractivity contribution in [3.05, 3.63) is 54.5 Å². The number of anilines is 1. The number of pyridine rings is 1. The van der Waals surface area contributed by atoms with Gasteiger partial charge in [-0.15, -0.1) is 0 Å². The molecule has 2 heterocycles. The SMILES string of the molecule is c1cncc(CNc2ccc3[nH]ncc3c2)c1. The molecule has 0 fully saturated rings. The number of nitrogens with one attached hydrogen (secondary N) is 2. The van der Waals surface area contributed by atoms with E-state index in [9.17, 15) is 0 Å². The first kappa shape index (κ1) is 9.84. The van der Waals surface area contributed by atoms with Crippen molar-refractivity contribution in [2.24, 2.45) is 0 Å². The number of benzene rings is 1. The van der Waals surface area contributed by atoms with Gasteiger partial charge < -0.3 is 5.32 Å². The number of hydrogen-bond donors (Lipinski definition) is 2. The molecule has 0 aliphatic heterocycles. The van der Waals surface area contributed by atoms with Crippen molar-refractivity contribution in [3.8, 4) is 0 Å². The Morgan fingerprint density at radius 3 is 3.06 bits per heavy atom. The molecule has 0 spiro atoms. The number of rotatable bonds is 3. The number of nitrogens with zero attached hydrogens (tertiary/aromatic N) is 2. The lowest BCUT2D eigenvalue weighted by atomic mass is 10.2. The predicted molar refractivity (Wildman–Crippen MR) is 67.7 cm³/mol. The Labute approximate surface area is 98.7 Å². The van der Waals surface area contributed by atoms with Gasteiger partial charge >= 0.3 is 0 Å². The Bertz CT molecular complexity index is 615. The van der Waals surface area contributed by atoms with Crippen LogP contribution < -0.4 is 5.32 Å². The zero-order valence-corrected chi connectivity index (χ0v) is 9.22. The maximum Gasteiger partial charge on any atom is 0.0651 e. The highest BCUT2D eigenvalue weighted by Gasteiger charge is 1.98. The minimum Gasteiger partial charge on any atom is -0.381 e. The Kier molecular flexibility index (Phi) is 2.46. The molecule has 4 nitrogen and oxygen atoms in total. The molecule has 17 heavy (non-hydrogen) atoms. The average Bonchev–Trinajstić information content (AvgIpc) is 2.85. The van der Waals surface area contributed by atoms with Gasteiger partial charge in [0, 0.05) is 30.0 Å².